The van der Waals surface area contributed by atoms with Gasteiger partial charge in [0.15, 0.2) is 5.43 Å². The van der Waals surface area contributed by atoms with Crippen molar-refractivity contribution in [2.75, 3.05) is 0 Å². The Balaban J connectivity index is 1.69. The smallest absolute Gasteiger partial charge is 0.268 e. The number of nitrogens with one attached hydrogen (secondary N) is 2. The lowest BCUT2D eigenvalue weighted by Gasteiger charge is -2.19. The molecule has 2 aromatic heterocycles. The van der Waals surface area contributed by atoms with E-state index in [-0.39, 0.29) is 28.1 Å². The number of nitrogens with zero attached hydrogens (tertiary/aromatic N) is 1. The lowest BCUT2D eigenvalue weighted by molar-refractivity contribution is 0.0925. The number of fused-ring (bicyclic) bond motifs is 1. The summed E-state index contributed by atoms with van der Waals surface area (Å²) in [5, 5.41) is 3.19. The third kappa shape index (κ3) is 2.98. The van der Waals surface area contributed by atoms with E-state index in [1.807, 2.05) is 19.1 Å². The summed E-state index contributed by atoms with van der Waals surface area (Å²) in [6, 6.07) is 9.06. The number of para-hydroxylation sites is 1. The largest absolute Gasteiger partial charge is 0.348 e. The first-order valence-corrected chi connectivity index (χ1v) is 8.58. The molecule has 0 saturated heterocycles. The number of carbonyl (C=O) groups excluding carboxylic acids is 1. The number of carbonyl (C=O) groups is 1. The number of aromatic amines is 1. The Morgan fingerprint density at radius 1 is 1.31 bits per heavy atom. The summed E-state index contributed by atoms with van der Waals surface area (Å²) in [4.78, 5) is 32.2. The number of hydrogen-bond acceptors (Lipinski definition) is 3. The second-order valence-corrected chi connectivity index (χ2v) is 6.70. The zero-order chi connectivity index (χ0) is 18.3. The Hall–Kier alpha value is -3.02. The van der Waals surface area contributed by atoms with Crippen LogP contribution in [0.15, 0.2) is 47.4 Å². The summed E-state index contributed by atoms with van der Waals surface area (Å²) in [5.74, 6) is -0.667. The maximum absolute atomic E-state index is 14.0. The Kier molecular flexibility index (Phi) is 4.03. The molecule has 26 heavy (non-hydrogen) atoms. The quantitative estimate of drug-likeness (QED) is 0.758. The Morgan fingerprint density at radius 2 is 2.12 bits per heavy atom. The van der Waals surface area contributed by atoms with Gasteiger partial charge in [-0.1, -0.05) is 12.1 Å². The van der Waals surface area contributed by atoms with Crippen molar-refractivity contribution in [1.29, 1.82) is 0 Å². The molecule has 4 rings (SSSR count). The van der Waals surface area contributed by atoms with Gasteiger partial charge in [0.1, 0.15) is 11.5 Å². The van der Waals surface area contributed by atoms with E-state index in [1.165, 1.54) is 24.3 Å². The van der Waals surface area contributed by atoms with E-state index < -0.39 is 11.7 Å². The summed E-state index contributed by atoms with van der Waals surface area (Å²) in [6.07, 6.45) is 3.74. The van der Waals surface area contributed by atoms with E-state index in [0.29, 0.717) is 5.92 Å². The molecule has 1 aliphatic rings. The van der Waals surface area contributed by atoms with Gasteiger partial charge in [-0.15, -0.1) is 0 Å². The van der Waals surface area contributed by atoms with Crippen LogP contribution in [0.5, 0.6) is 0 Å². The molecule has 0 spiro atoms. The van der Waals surface area contributed by atoms with Gasteiger partial charge < -0.3 is 10.3 Å². The zero-order valence-corrected chi connectivity index (χ0v) is 14.3. The molecule has 3 aromatic rings. The van der Waals surface area contributed by atoms with Crippen LogP contribution < -0.4 is 10.7 Å². The highest BCUT2D eigenvalue weighted by molar-refractivity contribution is 5.95. The van der Waals surface area contributed by atoms with Crippen molar-refractivity contribution in [2.24, 2.45) is 5.92 Å². The van der Waals surface area contributed by atoms with Crippen LogP contribution in [0, 0.1) is 18.7 Å². The predicted molar refractivity (Wildman–Crippen MR) is 96.4 cm³/mol. The summed E-state index contributed by atoms with van der Waals surface area (Å²) in [6.45, 7) is 1.96. The lowest BCUT2D eigenvalue weighted by atomic mass is 10.0. The monoisotopic (exact) mass is 351 g/mol. The van der Waals surface area contributed by atoms with Gasteiger partial charge >= 0.3 is 0 Å². The highest BCUT2D eigenvalue weighted by atomic mass is 19.1. The fourth-order valence-electron chi connectivity index (χ4n) is 3.24. The number of H-pyrrole nitrogens is 1. The van der Waals surface area contributed by atoms with Crippen LogP contribution in [0.3, 0.4) is 0 Å². The first-order valence-electron chi connectivity index (χ1n) is 8.58. The molecule has 0 bridgehead atoms. The molecule has 1 amide bonds. The van der Waals surface area contributed by atoms with Gasteiger partial charge in [0.2, 0.25) is 0 Å². The van der Waals surface area contributed by atoms with Crippen molar-refractivity contribution in [3.8, 4) is 0 Å². The molecular weight excluding hydrogens is 333 g/mol. The maximum atomic E-state index is 14.0. The van der Waals surface area contributed by atoms with Gasteiger partial charge in [-0.3, -0.25) is 14.6 Å². The molecule has 5 nitrogen and oxygen atoms in total. The highest BCUT2D eigenvalue weighted by Crippen LogP contribution is 2.41. The van der Waals surface area contributed by atoms with Crippen LogP contribution in [0.1, 0.15) is 40.6 Å². The fourth-order valence-corrected chi connectivity index (χ4v) is 3.24. The SMILES string of the molecule is Cc1cccnc1[C@H](NC(=O)c1cc(=O)c2cccc(F)c2[nH]1)C1CC1. The molecule has 2 heterocycles. The van der Waals surface area contributed by atoms with E-state index >= 15 is 0 Å². The standard InChI is InChI=1S/C20H18FN3O2/c1-11-4-3-9-22-17(11)18(12-7-8-12)24-20(26)15-10-16(25)13-5-2-6-14(21)19(13)23-15/h2-6,9-10,12,18H,7-8H2,1H3,(H,23,25)(H,24,26)/t18-/m1/s1. The fraction of sp³-hybridized carbons (Fsp3) is 0.250. The summed E-state index contributed by atoms with van der Waals surface area (Å²) >= 11 is 0. The molecule has 1 aromatic carbocycles. The lowest BCUT2D eigenvalue weighted by Crippen LogP contribution is -2.32. The number of pyridine rings is 2. The van der Waals surface area contributed by atoms with E-state index in [1.54, 1.807) is 6.20 Å². The second kappa shape index (κ2) is 6.37. The third-order valence-corrected chi connectivity index (χ3v) is 4.78. The van der Waals surface area contributed by atoms with Crippen molar-refractivity contribution in [3.63, 3.8) is 0 Å². The minimum atomic E-state index is -0.562. The highest BCUT2D eigenvalue weighted by Gasteiger charge is 2.35. The number of hydrogen-bond donors (Lipinski definition) is 2. The summed E-state index contributed by atoms with van der Waals surface area (Å²) in [7, 11) is 0. The topological polar surface area (TPSA) is 74.8 Å². The minimum Gasteiger partial charge on any atom is -0.348 e. The van der Waals surface area contributed by atoms with Crippen molar-refractivity contribution in [2.45, 2.75) is 25.8 Å². The van der Waals surface area contributed by atoms with E-state index in [0.717, 1.165) is 24.1 Å². The molecule has 0 aliphatic heterocycles. The molecular formula is C20H18FN3O2. The van der Waals surface area contributed by atoms with Crippen LogP contribution in [0.4, 0.5) is 4.39 Å². The van der Waals surface area contributed by atoms with E-state index in [9.17, 15) is 14.0 Å². The number of rotatable bonds is 4. The van der Waals surface area contributed by atoms with Gasteiger partial charge in [-0.25, -0.2) is 4.39 Å². The molecule has 0 radical (unpaired) electrons. The Bertz CT molecular complexity index is 1060. The van der Waals surface area contributed by atoms with E-state index in [2.05, 4.69) is 15.3 Å². The molecule has 1 saturated carbocycles. The average Bonchev–Trinajstić information content (AvgIpc) is 3.46. The minimum absolute atomic E-state index is 0.0436. The van der Waals surface area contributed by atoms with Crippen LogP contribution in [-0.2, 0) is 0 Å². The van der Waals surface area contributed by atoms with Gasteiger partial charge in [0.25, 0.3) is 5.91 Å². The molecule has 1 atom stereocenters. The van der Waals surface area contributed by atoms with Crippen molar-refractivity contribution in [1.82, 2.24) is 15.3 Å². The number of aromatic nitrogens is 2. The van der Waals surface area contributed by atoms with Crippen LogP contribution >= 0.6 is 0 Å². The van der Waals surface area contributed by atoms with Crippen LogP contribution in [-0.4, -0.2) is 15.9 Å². The van der Waals surface area contributed by atoms with Gasteiger partial charge in [0, 0.05) is 17.6 Å². The number of halogens is 1. The normalized spacial score (nSPS) is 15.0. The van der Waals surface area contributed by atoms with Gasteiger partial charge in [0.05, 0.1) is 17.3 Å². The molecule has 6 heteroatoms. The number of amides is 1. The molecule has 132 valence electrons. The van der Waals surface area contributed by atoms with Crippen molar-refractivity contribution >= 4 is 16.8 Å². The average molecular weight is 351 g/mol. The second-order valence-electron chi connectivity index (χ2n) is 6.70. The summed E-state index contributed by atoms with van der Waals surface area (Å²) in [5.41, 5.74) is 1.54. The molecule has 2 N–H and O–H groups in total. The van der Waals surface area contributed by atoms with Crippen LogP contribution in [0.25, 0.3) is 10.9 Å². The maximum Gasteiger partial charge on any atom is 0.268 e. The predicted octanol–water partition coefficient (Wildman–Crippen LogP) is 3.25. The molecule has 1 fully saturated rings. The first-order chi connectivity index (χ1) is 12.5. The Labute approximate surface area is 149 Å². The van der Waals surface area contributed by atoms with E-state index in [4.69, 9.17) is 0 Å². The van der Waals surface area contributed by atoms with Crippen LogP contribution in [0.2, 0.25) is 0 Å². The van der Waals surface area contributed by atoms with Crippen molar-refractivity contribution < 1.29 is 9.18 Å². The number of aryl methyl sites for hydroxylation is 1. The number of benzene rings is 1. The zero-order valence-electron chi connectivity index (χ0n) is 14.3. The van der Waals surface area contributed by atoms with Gasteiger partial charge in [-0.05, 0) is 49.4 Å². The molecule has 0 unspecified atom stereocenters. The molecule has 1 aliphatic carbocycles. The van der Waals surface area contributed by atoms with Gasteiger partial charge in [-0.2, -0.15) is 0 Å². The Morgan fingerprint density at radius 3 is 2.85 bits per heavy atom. The summed E-state index contributed by atoms with van der Waals surface area (Å²) < 4.78 is 14.0. The van der Waals surface area contributed by atoms with Crippen molar-refractivity contribution in [3.05, 3.63) is 75.6 Å². The third-order valence-electron chi connectivity index (χ3n) is 4.78. The first kappa shape index (κ1) is 16.4.